The molecule has 0 bridgehead atoms. The van der Waals surface area contributed by atoms with Crippen molar-refractivity contribution in [1.82, 2.24) is 29.9 Å². The molecular weight excluding hydrogens is 1430 g/mol. The minimum atomic E-state index is -0.629. The lowest BCUT2D eigenvalue weighted by molar-refractivity contribution is -0.109. The van der Waals surface area contributed by atoms with Crippen molar-refractivity contribution in [1.29, 1.82) is 10.5 Å². The van der Waals surface area contributed by atoms with Crippen LogP contribution in [0.5, 0.6) is 5.75 Å². The van der Waals surface area contributed by atoms with Crippen LogP contribution in [-0.4, -0.2) is 177 Å². The molecule has 33 heteroatoms. The first kappa shape index (κ1) is 90.4. The van der Waals surface area contributed by atoms with Gasteiger partial charge >= 0.3 is 18.2 Å². The van der Waals surface area contributed by atoms with Gasteiger partial charge in [-0.25, -0.2) is 44.3 Å². The van der Waals surface area contributed by atoms with Gasteiger partial charge in [-0.05, 0) is 84.5 Å². The van der Waals surface area contributed by atoms with E-state index in [9.17, 15) is 24.3 Å². The van der Waals surface area contributed by atoms with Gasteiger partial charge in [-0.1, -0.05) is 80.9 Å². The first-order valence-electron chi connectivity index (χ1n) is 33.8. The van der Waals surface area contributed by atoms with Crippen LogP contribution in [0.1, 0.15) is 118 Å². The number of nitriles is 2. The average molecular weight is 1530 g/mol. The highest BCUT2D eigenvalue weighted by Crippen LogP contribution is 2.30. The number of methoxy groups -OCH3 is 9. The topological polar surface area (TPSA) is 396 Å². The number of aliphatic hydroxyl groups excluding tert-OH is 2. The number of urea groups is 2. The summed E-state index contributed by atoms with van der Waals surface area (Å²) in [4.78, 5) is 77.7. The molecule has 0 saturated carbocycles. The molecule has 6 heterocycles. The third-order valence-corrected chi connectivity index (χ3v) is 16.2. The number of rotatable bonds is 30. The number of aryl methyl sites for hydroxylation is 3. The number of halogens is 1. The van der Waals surface area contributed by atoms with E-state index in [2.05, 4.69) is 81.6 Å². The van der Waals surface area contributed by atoms with Crippen LogP contribution in [0.2, 0.25) is 5.02 Å². The SMILES string of the molecule is CCc1ccc(N(C)C(=O)Nc2cc(Cl)c(C#N)cn2)nc1C(OC)OC.CCc1ccc(N(C)C(=O)Oc2ccccc2)nc1C(OC)OC.CCc1ccc(NC)cc1C(OC)OC.CNc1ccc(CO)c(C(OC)OC)n1.COCCNc1cc(NC(=O)N(C)c2ccc(CO)c(C=O)n2)ncc1C#N. The van der Waals surface area contributed by atoms with Gasteiger partial charge in [0.15, 0.2) is 12.6 Å². The number of anilines is 8. The van der Waals surface area contributed by atoms with Crippen LogP contribution in [0.3, 0.4) is 0 Å². The number of amides is 5. The molecule has 0 unspecified atom stereocenters. The van der Waals surface area contributed by atoms with Crippen LogP contribution in [-0.2, 0) is 75.1 Å². The van der Waals surface area contributed by atoms with Crippen molar-refractivity contribution < 1.29 is 76.8 Å². The Morgan fingerprint density at radius 2 is 0.991 bits per heavy atom. The standard InChI is InChI=1S/C18H20ClN5O3.C18H20N6O4.C18H22N2O4.C12H19NO2.C10H16N2O3/c1-5-11-6-7-15(23-16(11)17(26-3)27-4)24(2)18(25)22-14-8-13(19)12(9-20)10-21-14;1-24(17-4-3-12(10-25)15(11-26)22-17)18(27)23-16-7-14(20-5-6-28-2)13(8-19)9-21-16;1-5-13-11-12-15(19-16(13)17(22-3)23-4)20(2)18(21)24-14-9-7-6-8-10-14;1-5-9-6-7-10(13-2)8-11(9)12(14-3)15-4;1-11-8-5-4-7(6-13)9(12-8)10(14-2)15-3/h6-8,10,17H,5H2,1-4H3,(H,21,22,25);3-4,7,9,11,25H,5-6,10H2,1-2H3,(H2,20,21,23,27);6-12,17H,5H2,1-4H3;6-8,12-13H,5H2,1-4H3;4-5,10,13H,6H2,1-3H3,(H,11,12). The highest BCUT2D eigenvalue weighted by atomic mass is 35.5. The maximum absolute atomic E-state index is 12.5. The summed E-state index contributed by atoms with van der Waals surface area (Å²) in [6.07, 6.45) is 3.09. The molecule has 0 saturated heterocycles. The number of ether oxygens (including phenoxy) is 10. The van der Waals surface area contributed by atoms with E-state index in [0.717, 1.165) is 41.6 Å². The lowest BCUT2D eigenvalue weighted by atomic mass is 10.0. The number of aromatic nitrogens is 6. The second-order valence-electron chi connectivity index (χ2n) is 22.5. The number of benzene rings is 2. The number of hydrogen-bond donors (Lipinski definition) is 7. The molecule has 2 aromatic carbocycles. The minimum absolute atomic E-state index is 0.0563. The van der Waals surface area contributed by atoms with Crippen molar-refractivity contribution in [3.05, 3.63) is 194 Å². The Morgan fingerprint density at radius 3 is 1.44 bits per heavy atom. The zero-order valence-electron chi connectivity index (χ0n) is 64.3. The summed E-state index contributed by atoms with van der Waals surface area (Å²) < 4.78 is 52.2. The fraction of sp³-hybridized carbons (Fsp3) is 0.368. The molecule has 0 radical (unpaired) electrons. The molecule has 0 fully saturated rings. The Bertz CT molecular complexity index is 4190. The van der Waals surface area contributed by atoms with Crippen molar-refractivity contribution in [3.63, 3.8) is 0 Å². The Labute approximate surface area is 640 Å². The number of aldehydes is 1. The molecule has 0 aliphatic rings. The third kappa shape index (κ3) is 26.7. The molecular formula is C76H97ClN16O16. The van der Waals surface area contributed by atoms with E-state index < -0.39 is 37.0 Å². The van der Waals surface area contributed by atoms with Crippen LogP contribution >= 0.6 is 11.6 Å². The van der Waals surface area contributed by atoms with Crippen molar-refractivity contribution in [3.8, 4) is 17.9 Å². The predicted molar refractivity (Wildman–Crippen MR) is 414 cm³/mol. The van der Waals surface area contributed by atoms with Gasteiger partial charge in [0.25, 0.3) is 0 Å². The molecule has 0 aliphatic heterocycles. The maximum Gasteiger partial charge on any atom is 0.420 e. The molecule has 6 aromatic heterocycles. The summed E-state index contributed by atoms with van der Waals surface area (Å²) in [5, 5.41) is 50.9. The lowest BCUT2D eigenvalue weighted by Crippen LogP contribution is -2.32. The van der Waals surface area contributed by atoms with Gasteiger partial charge in [-0.2, -0.15) is 10.5 Å². The van der Waals surface area contributed by atoms with E-state index in [4.69, 9.17) is 74.6 Å². The van der Waals surface area contributed by atoms with Gasteiger partial charge in [0.2, 0.25) is 18.9 Å². The smallest absolute Gasteiger partial charge is 0.410 e. The number of carbonyl (C=O) groups excluding carboxylic acids is 4. The normalized spacial score (nSPS) is 10.5. The second-order valence-corrected chi connectivity index (χ2v) is 22.9. The number of para-hydroxylation sites is 1. The molecule has 32 nitrogen and oxygen atoms in total. The van der Waals surface area contributed by atoms with Gasteiger partial charge in [-0.3, -0.25) is 30.1 Å². The number of carbonyl (C=O) groups is 4. The summed E-state index contributed by atoms with van der Waals surface area (Å²) in [6.45, 7) is 6.67. The van der Waals surface area contributed by atoms with Gasteiger partial charge in [0, 0.05) is 153 Å². The van der Waals surface area contributed by atoms with E-state index in [1.807, 2.05) is 51.2 Å². The van der Waals surface area contributed by atoms with E-state index >= 15 is 0 Å². The van der Waals surface area contributed by atoms with Crippen molar-refractivity contribution in [2.75, 3.05) is 154 Å². The van der Waals surface area contributed by atoms with Crippen LogP contribution < -0.4 is 46.0 Å². The zero-order chi connectivity index (χ0) is 80.5. The Kier molecular flexibility index (Phi) is 40.1. The van der Waals surface area contributed by atoms with Crippen LogP contribution in [0.25, 0.3) is 0 Å². The molecule has 7 N–H and O–H groups in total. The largest absolute Gasteiger partial charge is 0.420 e. The highest BCUT2D eigenvalue weighted by Gasteiger charge is 2.24. The second kappa shape index (κ2) is 48.4. The molecule has 0 aliphatic carbocycles. The Hall–Kier alpha value is -11.0. The van der Waals surface area contributed by atoms with E-state index in [-0.39, 0.29) is 53.2 Å². The van der Waals surface area contributed by atoms with Crippen LogP contribution in [0.15, 0.2) is 122 Å². The molecule has 584 valence electrons. The number of hydrogen-bond acceptors (Lipinski definition) is 27. The molecule has 0 spiro atoms. The predicted octanol–water partition coefficient (Wildman–Crippen LogP) is 12.0. The van der Waals surface area contributed by atoms with Crippen molar-refractivity contribution in [2.45, 2.75) is 78.4 Å². The fourth-order valence-electron chi connectivity index (χ4n) is 9.84. The van der Waals surface area contributed by atoms with Gasteiger partial charge in [-0.15, -0.1) is 0 Å². The quantitative estimate of drug-likeness (QED) is 0.0125. The zero-order valence-corrected chi connectivity index (χ0v) is 65.0. The highest BCUT2D eigenvalue weighted by molar-refractivity contribution is 6.32. The molecule has 8 rings (SSSR count). The number of aliphatic hydroxyl groups is 2. The Morgan fingerprint density at radius 1 is 0.532 bits per heavy atom. The maximum atomic E-state index is 12.5. The number of pyridine rings is 6. The summed E-state index contributed by atoms with van der Waals surface area (Å²) in [5.41, 5.74) is 9.43. The van der Waals surface area contributed by atoms with Gasteiger partial charge < -0.3 is 73.5 Å². The lowest BCUT2D eigenvalue weighted by Gasteiger charge is -2.21. The molecule has 0 atom stereocenters. The third-order valence-electron chi connectivity index (χ3n) is 15.9. The van der Waals surface area contributed by atoms with Crippen molar-refractivity contribution >= 4 is 82.3 Å². The molecule has 8 aromatic rings. The molecule has 5 amide bonds. The summed E-state index contributed by atoms with van der Waals surface area (Å²) in [6, 6.07) is 34.9. The van der Waals surface area contributed by atoms with E-state index in [1.165, 1.54) is 86.3 Å². The first-order chi connectivity index (χ1) is 52.6. The van der Waals surface area contributed by atoms with Gasteiger partial charge in [0.1, 0.15) is 75.6 Å². The number of nitrogens with zero attached hydrogens (tertiary/aromatic N) is 11. The van der Waals surface area contributed by atoms with E-state index in [0.29, 0.717) is 82.1 Å². The minimum Gasteiger partial charge on any atom is -0.410 e. The Balaban J connectivity index is 0.000000294. The molecule has 109 heavy (non-hydrogen) atoms. The van der Waals surface area contributed by atoms with Crippen molar-refractivity contribution in [2.24, 2.45) is 0 Å². The van der Waals surface area contributed by atoms with Gasteiger partial charge in [0.05, 0.1) is 41.7 Å². The summed E-state index contributed by atoms with van der Waals surface area (Å²) in [5.74, 6) is 2.75. The summed E-state index contributed by atoms with van der Waals surface area (Å²) >= 11 is 5.96. The number of nitrogens with one attached hydrogen (secondary N) is 5. The van der Waals surface area contributed by atoms with Crippen LogP contribution in [0, 0.1) is 22.7 Å². The summed E-state index contributed by atoms with van der Waals surface area (Å²) in [7, 11) is 22.4. The fourth-order valence-corrected chi connectivity index (χ4v) is 10.0. The monoisotopic (exact) mass is 1520 g/mol. The first-order valence-corrected chi connectivity index (χ1v) is 34.1. The average Bonchev–Trinajstić information content (AvgIpc) is 0.832. The van der Waals surface area contributed by atoms with Crippen LogP contribution in [0.4, 0.5) is 60.7 Å². The van der Waals surface area contributed by atoms with E-state index in [1.54, 1.807) is 111 Å².